The Morgan fingerprint density at radius 2 is 1.93 bits per heavy atom. The molecule has 0 aliphatic carbocycles. The molecule has 0 saturated heterocycles. The second-order valence-corrected chi connectivity index (χ2v) is 7.50. The molecule has 28 heavy (non-hydrogen) atoms. The number of ether oxygens (including phenoxy) is 1. The SMILES string of the molecule is CCOC(=O)C(C)c1ccc(-n2c(CC)nc3cc(CS(=O)O)ccc32)cc1. The van der Waals surface area contributed by atoms with Crippen molar-refractivity contribution in [3.8, 4) is 5.69 Å². The van der Waals surface area contributed by atoms with Crippen molar-refractivity contribution >= 4 is 28.1 Å². The van der Waals surface area contributed by atoms with E-state index in [1.54, 1.807) is 6.92 Å². The Morgan fingerprint density at radius 3 is 2.54 bits per heavy atom. The zero-order chi connectivity index (χ0) is 20.3. The first-order valence-corrected chi connectivity index (χ1v) is 10.6. The van der Waals surface area contributed by atoms with Gasteiger partial charge in [0, 0.05) is 12.1 Å². The van der Waals surface area contributed by atoms with Crippen LogP contribution in [0.1, 0.15) is 43.6 Å². The highest BCUT2D eigenvalue weighted by Crippen LogP contribution is 2.25. The van der Waals surface area contributed by atoms with Crippen molar-refractivity contribution in [2.45, 2.75) is 38.9 Å². The molecule has 0 aliphatic rings. The van der Waals surface area contributed by atoms with E-state index in [0.717, 1.165) is 40.1 Å². The molecule has 0 bridgehead atoms. The summed E-state index contributed by atoms with van der Waals surface area (Å²) in [4.78, 5) is 16.7. The van der Waals surface area contributed by atoms with Gasteiger partial charge in [0.1, 0.15) is 5.82 Å². The summed E-state index contributed by atoms with van der Waals surface area (Å²) < 4.78 is 27.4. The van der Waals surface area contributed by atoms with Gasteiger partial charge in [0.05, 0.1) is 29.3 Å². The monoisotopic (exact) mass is 400 g/mol. The number of benzene rings is 2. The highest BCUT2D eigenvalue weighted by molar-refractivity contribution is 7.78. The van der Waals surface area contributed by atoms with Crippen LogP contribution in [0, 0.1) is 0 Å². The third-order valence-corrected chi connectivity index (χ3v) is 5.27. The molecule has 0 radical (unpaired) electrons. The Kier molecular flexibility index (Phi) is 6.26. The summed E-state index contributed by atoms with van der Waals surface area (Å²) in [6, 6.07) is 13.5. The van der Waals surface area contributed by atoms with E-state index in [0.29, 0.717) is 6.61 Å². The first-order valence-electron chi connectivity index (χ1n) is 9.29. The number of hydrogen-bond acceptors (Lipinski definition) is 4. The maximum atomic E-state index is 12.0. The summed E-state index contributed by atoms with van der Waals surface area (Å²) in [6.07, 6.45) is 0.747. The van der Waals surface area contributed by atoms with E-state index in [-0.39, 0.29) is 17.6 Å². The molecule has 0 fully saturated rings. The van der Waals surface area contributed by atoms with Crippen LogP contribution in [-0.4, -0.2) is 30.9 Å². The van der Waals surface area contributed by atoms with Gasteiger partial charge in [-0.3, -0.25) is 9.36 Å². The quantitative estimate of drug-likeness (QED) is 0.479. The van der Waals surface area contributed by atoms with Crippen LogP contribution >= 0.6 is 0 Å². The lowest BCUT2D eigenvalue weighted by molar-refractivity contribution is -0.144. The van der Waals surface area contributed by atoms with Gasteiger partial charge in [0.15, 0.2) is 11.1 Å². The molecule has 3 rings (SSSR count). The highest BCUT2D eigenvalue weighted by atomic mass is 32.2. The van der Waals surface area contributed by atoms with Crippen LogP contribution in [0.3, 0.4) is 0 Å². The fourth-order valence-corrected chi connectivity index (χ4v) is 3.71. The summed E-state index contributed by atoms with van der Waals surface area (Å²) in [5, 5.41) is 0. The maximum Gasteiger partial charge on any atom is 0.313 e. The molecule has 2 atom stereocenters. The number of aryl methyl sites for hydroxylation is 1. The number of nitrogens with zero attached hydrogens (tertiary/aromatic N) is 2. The Hall–Kier alpha value is -2.51. The minimum atomic E-state index is -1.88. The van der Waals surface area contributed by atoms with Crippen molar-refractivity contribution in [2.24, 2.45) is 0 Å². The molecule has 7 heteroatoms. The predicted octanol–water partition coefficient (Wildman–Crippen LogP) is 3.98. The maximum absolute atomic E-state index is 12.0. The normalized spacial score (nSPS) is 13.4. The molecular formula is C21H24N2O4S. The van der Waals surface area contributed by atoms with E-state index in [9.17, 15) is 9.00 Å². The fraction of sp³-hybridized carbons (Fsp3) is 0.333. The molecule has 2 unspecified atom stereocenters. The zero-order valence-corrected chi connectivity index (χ0v) is 17.0. The second-order valence-electron chi connectivity index (χ2n) is 6.57. The summed E-state index contributed by atoms with van der Waals surface area (Å²) in [5.74, 6) is 0.445. The summed E-state index contributed by atoms with van der Waals surface area (Å²) >= 11 is -1.88. The average Bonchev–Trinajstić information content (AvgIpc) is 3.05. The van der Waals surface area contributed by atoms with E-state index in [2.05, 4.69) is 4.57 Å². The van der Waals surface area contributed by atoms with Gasteiger partial charge in [-0.25, -0.2) is 9.19 Å². The van der Waals surface area contributed by atoms with Crippen LogP contribution < -0.4 is 0 Å². The molecule has 0 aliphatic heterocycles. The summed E-state index contributed by atoms with van der Waals surface area (Å²) in [6.45, 7) is 6.05. The largest absolute Gasteiger partial charge is 0.466 e. The van der Waals surface area contributed by atoms with Crippen molar-refractivity contribution in [1.82, 2.24) is 9.55 Å². The van der Waals surface area contributed by atoms with Crippen LogP contribution in [0.4, 0.5) is 0 Å². The Morgan fingerprint density at radius 1 is 1.21 bits per heavy atom. The van der Waals surface area contributed by atoms with E-state index in [1.165, 1.54) is 0 Å². The first-order chi connectivity index (χ1) is 13.4. The van der Waals surface area contributed by atoms with Gasteiger partial charge < -0.3 is 9.29 Å². The van der Waals surface area contributed by atoms with Gasteiger partial charge in [-0.1, -0.05) is 25.1 Å². The van der Waals surface area contributed by atoms with Crippen LogP contribution in [-0.2, 0) is 32.8 Å². The molecule has 1 heterocycles. The van der Waals surface area contributed by atoms with Gasteiger partial charge in [-0.15, -0.1) is 0 Å². The average molecular weight is 401 g/mol. The molecule has 2 aromatic carbocycles. The molecule has 6 nitrogen and oxygen atoms in total. The minimum Gasteiger partial charge on any atom is -0.466 e. The van der Waals surface area contributed by atoms with Gasteiger partial charge >= 0.3 is 5.97 Å². The number of hydrogen-bond donors (Lipinski definition) is 1. The molecule has 1 aromatic heterocycles. The smallest absolute Gasteiger partial charge is 0.313 e. The van der Waals surface area contributed by atoms with Gasteiger partial charge in [0.25, 0.3) is 0 Å². The third-order valence-electron chi connectivity index (χ3n) is 4.69. The van der Waals surface area contributed by atoms with Gasteiger partial charge in [0.2, 0.25) is 0 Å². The number of imidazole rings is 1. The van der Waals surface area contributed by atoms with Crippen LogP contribution in [0.25, 0.3) is 16.7 Å². The number of carbonyl (C=O) groups excluding carboxylic acids is 1. The molecular weight excluding hydrogens is 376 g/mol. The molecule has 0 amide bonds. The number of carbonyl (C=O) groups is 1. The van der Waals surface area contributed by atoms with Crippen LogP contribution in [0.15, 0.2) is 42.5 Å². The van der Waals surface area contributed by atoms with Crippen molar-refractivity contribution < 1.29 is 18.3 Å². The number of rotatable bonds is 7. The van der Waals surface area contributed by atoms with E-state index >= 15 is 0 Å². The van der Waals surface area contributed by atoms with E-state index in [4.69, 9.17) is 14.3 Å². The number of fused-ring (bicyclic) bond motifs is 1. The lowest BCUT2D eigenvalue weighted by Gasteiger charge is -2.13. The van der Waals surface area contributed by atoms with Crippen molar-refractivity contribution in [1.29, 1.82) is 0 Å². The zero-order valence-electron chi connectivity index (χ0n) is 16.2. The van der Waals surface area contributed by atoms with Gasteiger partial charge in [-0.2, -0.15) is 0 Å². The standard InChI is InChI=1S/C21H24N2O4S/c1-4-20-22-18-12-15(13-28(25)26)6-11-19(18)23(20)17-9-7-16(8-10-17)14(3)21(24)27-5-2/h6-12,14H,4-5,13H2,1-3H3,(H,25,26). The fourth-order valence-electron chi connectivity index (χ4n) is 3.25. The summed E-state index contributed by atoms with van der Waals surface area (Å²) in [7, 11) is 0. The Bertz CT molecular complexity index is 1010. The van der Waals surface area contributed by atoms with Crippen LogP contribution in [0.2, 0.25) is 0 Å². The summed E-state index contributed by atoms with van der Waals surface area (Å²) in [5.41, 5.74) is 4.37. The van der Waals surface area contributed by atoms with Crippen LogP contribution in [0.5, 0.6) is 0 Å². The lowest BCUT2D eigenvalue weighted by Crippen LogP contribution is -2.13. The first kappa shape index (κ1) is 20.2. The lowest BCUT2D eigenvalue weighted by atomic mass is 10.0. The second kappa shape index (κ2) is 8.67. The molecule has 1 N–H and O–H groups in total. The van der Waals surface area contributed by atoms with E-state index in [1.807, 2.05) is 56.3 Å². The molecule has 0 saturated carbocycles. The highest BCUT2D eigenvalue weighted by Gasteiger charge is 2.17. The van der Waals surface area contributed by atoms with Crippen molar-refractivity contribution in [3.63, 3.8) is 0 Å². The minimum absolute atomic E-state index is 0.0880. The topological polar surface area (TPSA) is 81.4 Å². The number of aromatic nitrogens is 2. The van der Waals surface area contributed by atoms with Crippen molar-refractivity contribution in [3.05, 3.63) is 59.4 Å². The van der Waals surface area contributed by atoms with E-state index < -0.39 is 11.1 Å². The third kappa shape index (κ3) is 4.15. The van der Waals surface area contributed by atoms with Crippen molar-refractivity contribution in [2.75, 3.05) is 6.61 Å². The number of esters is 1. The Balaban J connectivity index is 1.98. The Labute approximate surface area is 166 Å². The predicted molar refractivity (Wildman–Crippen MR) is 110 cm³/mol. The van der Waals surface area contributed by atoms with Gasteiger partial charge in [-0.05, 0) is 49.2 Å². The molecule has 148 valence electrons. The molecule has 3 aromatic rings. The molecule has 0 spiro atoms.